The molecule has 0 saturated heterocycles. The minimum atomic E-state index is -0.769. The maximum absolute atomic E-state index is 13.4. The van der Waals surface area contributed by atoms with E-state index in [1.165, 1.54) is 12.1 Å². The average molecular weight is 451 g/mol. The molecule has 0 bridgehead atoms. The third-order valence-electron chi connectivity index (χ3n) is 6.32. The molecule has 0 fully saturated rings. The van der Waals surface area contributed by atoms with Crippen molar-refractivity contribution in [2.75, 3.05) is 17.2 Å². The van der Waals surface area contributed by atoms with Gasteiger partial charge in [0, 0.05) is 29.5 Å². The van der Waals surface area contributed by atoms with Crippen LogP contribution in [0.5, 0.6) is 11.5 Å². The third kappa shape index (κ3) is 4.13. The van der Waals surface area contributed by atoms with E-state index in [1.807, 2.05) is 26.0 Å². The first-order valence-corrected chi connectivity index (χ1v) is 11.0. The summed E-state index contributed by atoms with van der Waals surface area (Å²) >= 11 is 0. The number of allylic oxidation sites excluding steroid dienone is 1. The number of fused-ring (bicyclic) bond motifs is 1. The maximum Gasteiger partial charge on any atom is 0.265 e. The van der Waals surface area contributed by atoms with Crippen molar-refractivity contribution in [3.05, 3.63) is 62.3 Å². The lowest BCUT2D eigenvalue weighted by molar-refractivity contribution is -0.398. The number of anilines is 2. The second-order valence-electron chi connectivity index (χ2n) is 9.57. The van der Waals surface area contributed by atoms with E-state index in [-0.39, 0.29) is 23.6 Å². The Kier molecular flexibility index (Phi) is 5.56. The van der Waals surface area contributed by atoms with E-state index in [1.54, 1.807) is 6.92 Å². The molecule has 1 aliphatic heterocycles. The normalized spacial score (nSPS) is 19.1. The number of benzene rings is 2. The van der Waals surface area contributed by atoms with E-state index < -0.39 is 22.4 Å². The van der Waals surface area contributed by atoms with Crippen LogP contribution >= 0.6 is 0 Å². The van der Waals surface area contributed by atoms with Gasteiger partial charge in [-0.05, 0) is 67.5 Å². The van der Waals surface area contributed by atoms with Crippen molar-refractivity contribution in [2.24, 2.45) is 5.41 Å². The number of rotatable bonds is 4. The molecule has 2 aromatic rings. The van der Waals surface area contributed by atoms with Gasteiger partial charge in [0.25, 0.3) is 5.69 Å². The molecule has 2 aliphatic rings. The number of nitrogens with one attached hydrogen (secondary N) is 2. The fraction of sp³-hybridized carbons (Fsp3) is 0.400. The van der Waals surface area contributed by atoms with Gasteiger partial charge in [-0.3, -0.25) is 14.9 Å². The minimum absolute atomic E-state index is 0.0284. The van der Waals surface area contributed by atoms with Crippen molar-refractivity contribution in [3.63, 3.8) is 0 Å². The number of carbonyl (C=O) groups is 1. The standard InChI is InChI=1S/C25H29N3O5/c1-6-33-21-10-15(9-19(24(21)30)28(31)32)23-22-18(11-25(4,5)12-20(22)29)26-16-7-13(2)14(3)8-17(16)27-23/h7-10,23,26-27,30H,6,11-12H2,1-5H3/p-1/t23-/m0/s1. The van der Waals surface area contributed by atoms with Gasteiger partial charge in [-0.1, -0.05) is 13.8 Å². The largest absolute Gasteiger partial charge is 0.865 e. The summed E-state index contributed by atoms with van der Waals surface area (Å²) in [5.41, 5.74) is 4.80. The molecule has 33 heavy (non-hydrogen) atoms. The summed E-state index contributed by atoms with van der Waals surface area (Å²) in [7, 11) is 0. The van der Waals surface area contributed by atoms with Crippen LogP contribution in [0.2, 0.25) is 0 Å². The highest BCUT2D eigenvalue weighted by Gasteiger charge is 2.39. The molecule has 4 rings (SSSR count). The highest BCUT2D eigenvalue weighted by Crippen LogP contribution is 2.47. The Morgan fingerprint density at radius 2 is 1.79 bits per heavy atom. The molecule has 2 N–H and O–H groups in total. The number of nitrogens with zero attached hydrogens (tertiary/aromatic N) is 1. The first-order valence-electron chi connectivity index (χ1n) is 11.0. The van der Waals surface area contributed by atoms with E-state index in [0.717, 1.165) is 28.2 Å². The Balaban J connectivity index is 1.96. The highest BCUT2D eigenvalue weighted by molar-refractivity contribution is 6.01. The monoisotopic (exact) mass is 450 g/mol. The number of hydrogen-bond acceptors (Lipinski definition) is 7. The molecule has 2 aromatic carbocycles. The summed E-state index contributed by atoms with van der Waals surface area (Å²) in [6.07, 6.45) is 1.01. The number of aryl methyl sites for hydroxylation is 2. The predicted molar refractivity (Wildman–Crippen MR) is 125 cm³/mol. The van der Waals surface area contributed by atoms with Crippen LogP contribution in [0.4, 0.5) is 17.1 Å². The molecule has 0 amide bonds. The molecule has 174 valence electrons. The van der Waals surface area contributed by atoms with E-state index in [0.29, 0.717) is 24.0 Å². The number of ketones is 1. The van der Waals surface area contributed by atoms with Crippen LogP contribution in [0.25, 0.3) is 0 Å². The van der Waals surface area contributed by atoms with Gasteiger partial charge in [-0.25, -0.2) is 0 Å². The van der Waals surface area contributed by atoms with Gasteiger partial charge in [0.2, 0.25) is 0 Å². The van der Waals surface area contributed by atoms with Crippen LogP contribution in [0, 0.1) is 29.4 Å². The van der Waals surface area contributed by atoms with E-state index in [2.05, 4.69) is 24.5 Å². The molecule has 1 aliphatic carbocycles. The zero-order valence-corrected chi connectivity index (χ0v) is 19.5. The lowest BCUT2D eigenvalue weighted by Crippen LogP contribution is -2.31. The van der Waals surface area contributed by atoms with Crippen molar-refractivity contribution in [2.45, 2.75) is 53.5 Å². The second kappa shape index (κ2) is 8.10. The Morgan fingerprint density at radius 3 is 2.42 bits per heavy atom. The lowest BCUT2D eigenvalue weighted by Gasteiger charge is -2.34. The van der Waals surface area contributed by atoms with Crippen LogP contribution < -0.4 is 20.5 Å². The highest BCUT2D eigenvalue weighted by atomic mass is 16.6. The molecule has 8 nitrogen and oxygen atoms in total. The van der Waals surface area contributed by atoms with Crippen molar-refractivity contribution in [3.8, 4) is 11.5 Å². The number of nitro benzene ring substituents is 1. The molecular formula is C25H28N3O5-. The molecule has 8 heteroatoms. The van der Waals surface area contributed by atoms with Crippen LogP contribution in [-0.2, 0) is 4.79 Å². The number of hydrogen-bond donors (Lipinski definition) is 2. The number of ether oxygens (including phenoxy) is 1. The number of Topliss-reactive ketones (excluding diaryl/α,β-unsaturated/α-hetero) is 1. The van der Waals surface area contributed by atoms with Crippen LogP contribution in [-0.4, -0.2) is 17.3 Å². The molecule has 1 atom stereocenters. The van der Waals surface area contributed by atoms with Gasteiger partial charge in [0.15, 0.2) is 5.78 Å². The minimum Gasteiger partial charge on any atom is -0.865 e. The predicted octanol–water partition coefficient (Wildman–Crippen LogP) is 4.91. The summed E-state index contributed by atoms with van der Waals surface area (Å²) in [4.78, 5) is 24.3. The summed E-state index contributed by atoms with van der Waals surface area (Å²) in [5, 5.41) is 31.1. The van der Waals surface area contributed by atoms with Crippen LogP contribution in [0.15, 0.2) is 35.5 Å². The van der Waals surface area contributed by atoms with Crippen molar-refractivity contribution >= 4 is 22.8 Å². The van der Waals surface area contributed by atoms with Gasteiger partial charge < -0.3 is 20.5 Å². The van der Waals surface area contributed by atoms with Gasteiger partial charge in [-0.2, -0.15) is 0 Å². The van der Waals surface area contributed by atoms with Gasteiger partial charge in [-0.15, -0.1) is 0 Å². The topological polar surface area (TPSA) is 117 Å². The van der Waals surface area contributed by atoms with E-state index in [9.17, 15) is 20.0 Å². The Morgan fingerprint density at radius 1 is 1.12 bits per heavy atom. The maximum atomic E-state index is 13.4. The zero-order chi connectivity index (χ0) is 24.1. The van der Waals surface area contributed by atoms with Gasteiger partial charge in [0.1, 0.15) is 5.75 Å². The summed E-state index contributed by atoms with van der Waals surface area (Å²) < 4.78 is 5.43. The quantitative estimate of drug-likeness (QED) is 0.502. The first-order chi connectivity index (χ1) is 15.5. The van der Waals surface area contributed by atoms with Gasteiger partial charge >= 0.3 is 0 Å². The molecule has 0 radical (unpaired) electrons. The smallest absolute Gasteiger partial charge is 0.265 e. The first kappa shape index (κ1) is 22.6. The Bertz CT molecular complexity index is 1200. The number of nitro groups is 1. The zero-order valence-electron chi connectivity index (χ0n) is 19.5. The second-order valence-corrected chi connectivity index (χ2v) is 9.57. The molecule has 0 saturated carbocycles. The average Bonchev–Trinajstić information content (AvgIpc) is 2.85. The Hall–Kier alpha value is -3.55. The van der Waals surface area contributed by atoms with E-state index in [4.69, 9.17) is 4.74 Å². The van der Waals surface area contributed by atoms with E-state index >= 15 is 0 Å². The SMILES string of the molecule is CCOc1cc([C@@H]2Nc3cc(C)c(C)cc3NC3=C2C(=O)CC(C)(C)C3)cc([N+](=O)[O-])c1[O-]. The number of carbonyl (C=O) groups excluding carboxylic acids is 1. The Labute approximate surface area is 192 Å². The van der Waals surface area contributed by atoms with Gasteiger partial charge in [0.05, 0.1) is 28.9 Å². The van der Waals surface area contributed by atoms with Crippen molar-refractivity contribution in [1.82, 2.24) is 0 Å². The fourth-order valence-electron chi connectivity index (χ4n) is 4.63. The third-order valence-corrected chi connectivity index (χ3v) is 6.32. The van der Waals surface area contributed by atoms with Crippen molar-refractivity contribution in [1.29, 1.82) is 0 Å². The summed E-state index contributed by atoms with van der Waals surface area (Å²) in [5.74, 6) is -0.888. The molecule has 0 spiro atoms. The van der Waals surface area contributed by atoms with Crippen LogP contribution in [0.3, 0.4) is 0 Å². The molecular weight excluding hydrogens is 422 g/mol. The van der Waals surface area contributed by atoms with Crippen molar-refractivity contribution < 1.29 is 19.6 Å². The molecule has 0 unspecified atom stereocenters. The molecule has 0 aromatic heterocycles. The summed E-state index contributed by atoms with van der Waals surface area (Å²) in [6, 6.07) is 6.13. The lowest BCUT2D eigenvalue weighted by atomic mass is 9.73. The fourth-order valence-corrected chi connectivity index (χ4v) is 4.63. The molecule has 1 heterocycles. The summed E-state index contributed by atoms with van der Waals surface area (Å²) in [6.45, 7) is 10.0. The van der Waals surface area contributed by atoms with Crippen LogP contribution in [0.1, 0.15) is 56.3 Å².